The molecule has 0 aromatic heterocycles. The van der Waals surface area contributed by atoms with Gasteiger partial charge in [0.05, 0.1) is 0 Å². The van der Waals surface area contributed by atoms with Crippen LogP contribution in [-0.4, -0.2) is 12.5 Å². The number of rotatable bonds is 5. The number of halogens is 2. The van der Waals surface area contributed by atoms with Crippen molar-refractivity contribution < 1.29 is 18.3 Å². The lowest BCUT2D eigenvalue weighted by atomic mass is 10.0. The fraction of sp³-hybridized carbons (Fsp3) is 0.188. The number of anilines is 1. The lowest BCUT2D eigenvalue weighted by Crippen LogP contribution is -2.08. The number of nitrogens with one attached hydrogen (secondary N) is 1. The second kappa shape index (κ2) is 6.83. The number of benzene rings is 2. The van der Waals surface area contributed by atoms with Gasteiger partial charge in [0.1, 0.15) is 5.75 Å². The molecule has 0 aliphatic heterocycles. The van der Waals surface area contributed by atoms with Crippen LogP contribution in [0.4, 0.5) is 14.5 Å². The highest BCUT2D eigenvalue weighted by molar-refractivity contribution is 5.88. The van der Waals surface area contributed by atoms with E-state index in [1.165, 1.54) is 19.1 Å². The second-order valence-corrected chi connectivity index (χ2v) is 4.54. The summed E-state index contributed by atoms with van der Waals surface area (Å²) >= 11 is 0. The van der Waals surface area contributed by atoms with Crippen molar-refractivity contribution >= 4 is 11.6 Å². The van der Waals surface area contributed by atoms with E-state index in [9.17, 15) is 13.6 Å². The molecule has 2 rings (SSSR count). The smallest absolute Gasteiger partial charge is 0.387 e. The summed E-state index contributed by atoms with van der Waals surface area (Å²) in [5.41, 5.74) is 2.11. The van der Waals surface area contributed by atoms with Gasteiger partial charge in [-0.05, 0) is 23.8 Å². The van der Waals surface area contributed by atoms with Crippen molar-refractivity contribution in [1.29, 1.82) is 0 Å². The topological polar surface area (TPSA) is 38.3 Å². The molecule has 1 N–H and O–H groups in total. The standard InChI is InChI=1S/C16H15F2NO2/c1-11(20)19-14-7-8-15(21-16(17)18)13(10-14)9-12-5-3-2-4-6-12/h2-8,10,16H,9H2,1H3,(H,19,20). The molecule has 2 aromatic rings. The number of hydrogen-bond donors (Lipinski definition) is 1. The highest BCUT2D eigenvalue weighted by Gasteiger charge is 2.11. The van der Waals surface area contributed by atoms with Gasteiger partial charge in [-0.3, -0.25) is 4.79 Å². The SMILES string of the molecule is CC(=O)Nc1ccc(OC(F)F)c(Cc2ccccc2)c1. The summed E-state index contributed by atoms with van der Waals surface area (Å²) < 4.78 is 29.4. The van der Waals surface area contributed by atoms with E-state index in [1.807, 2.05) is 30.3 Å². The van der Waals surface area contributed by atoms with Gasteiger partial charge in [0.25, 0.3) is 0 Å². The Kier molecular flexibility index (Phi) is 4.87. The summed E-state index contributed by atoms with van der Waals surface area (Å²) in [4.78, 5) is 11.1. The number of amides is 1. The first-order valence-electron chi connectivity index (χ1n) is 6.44. The summed E-state index contributed by atoms with van der Waals surface area (Å²) in [7, 11) is 0. The van der Waals surface area contributed by atoms with Crippen LogP contribution in [0.15, 0.2) is 48.5 Å². The third kappa shape index (κ3) is 4.56. The number of alkyl halides is 2. The van der Waals surface area contributed by atoms with E-state index in [0.29, 0.717) is 17.7 Å². The van der Waals surface area contributed by atoms with E-state index in [4.69, 9.17) is 0 Å². The normalized spacial score (nSPS) is 10.5. The molecule has 3 nitrogen and oxygen atoms in total. The highest BCUT2D eigenvalue weighted by atomic mass is 19.3. The Morgan fingerprint density at radius 1 is 1.19 bits per heavy atom. The minimum Gasteiger partial charge on any atom is -0.435 e. The molecule has 0 aliphatic rings. The molecule has 0 bridgehead atoms. The summed E-state index contributed by atoms with van der Waals surface area (Å²) in [6.07, 6.45) is 0.441. The van der Waals surface area contributed by atoms with Crippen molar-refractivity contribution in [2.75, 3.05) is 5.32 Å². The fourth-order valence-corrected chi connectivity index (χ4v) is 2.03. The van der Waals surface area contributed by atoms with Gasteiger partial charge < -0.3 is 10.1 Å². The molecule has 0 unspecified atom stereocenters. The Labute approximate surface area is 121 Å². The Morgan fingerprint density at radius 2 is 1.90 bits per heavy atom. The average Bonchev–Trinajstić information content (AvgIpc) is 2.42. The van der Waals surface area contributed by atoms with Crippen molar-refractivity contribution in [3.63, 3.8) is 0 Å². The lowest BCUT2D eigenvalue weighted by Gasteiger charge is -2.13. The molecule has 5 heteroatoms. The van der Waals surface area contributed by atoms with Crippen LogP contribution in [0.25, 0.3) is 0 Å². The van der Waals surface area contributed by atoms with Gasteiger partial charge in [-0.25, -0.2) is 0 Å². The van der Waals surface area contributed by atoms with Crippen LogP contribution in [0.3, 0.4) is 0 Å². The van der Waals surface area contributed by atoms with Crippen molar-refractivity contribution in [2.45, 2.75) is 20.0 Å². The van der Waals surface area contributed by atoms with Crippen molar-refractivity contribution in [3.8, 4) is 5.75 Å². The molecule has 21 heavy (non-hydrogen) atoms. The van der Waals surface area contributed by atoms with Crippen LogP contribution >= 0.6 is 0 Å². The largest absolute Gasteiger partial charge is 0.435 e. The summed E-state index contributed by atoms with van der Waals surface area (Å²) in [5, 5.41) is 2.63. The molecular weight excluding hydrogens is 276 g/mol. The predicted octanol–water partition coefficient (Wildman–Crippen LogP) is 3.84. The molecule has 110 valence electrons. The van der Waals surface area contributed by atoms with Crippen LogP contribution in [0.2, 0.25) is 0 Å². The Morgan fingerprint density at radius 3 is 2.52 bits per heavy atom. The molecule has 0 aliphatic carbocycles. The van der Waals surface area contributed by atoms with E-state index in [2.05, 4.69) is 10.1 Å². The molecule has 0 saturated heterocycles. The van der Waals surface area contributed by atoms with Crippen LogP contribution in [0.1, 0.15) is 18.1 Å². The molecule has 0 spiro atoms. The van der Waals surface area contributed by atoms with E-state index < -0.39 is 6.61 Å². The number of carbonyl (C=O) groups excluding carboxylic acids is 1. The molecule has 1 amide bonds. The van der Waals surface area contributed by atoms with Gasteiger partial charge >= 0.3 is 6.61 Å². The first-order valence-corrected chi connectivity index (χ1v) is 6.44. The van der Waals surface area contributed by atoms with Gasteiger partial charge in [0.2, 0.25) is 5.91 Å². The van der Waals surface area contributed by atoms with Crippen LogP contribution in [-0.2, 0) is 11.2 Å². The molecule has 0 fully saturated rings. The monoisotopic (exact) mass is 291 g/mol. The fourth-order valence-electron chi connectivity index (χ4n) is 2.03. The van der Waals surface area contributed by atoms with E-state index in [1.54, 1.807) is 6.07 Å². The van der Waals surface area contributed by atoms with Crippen LogP contribution in [0.5, 0.6) is 5.75 Å². The first kappa shape index (κ1) is 15.0. The minimum absolute atomic E-state index is 0.114. The van der Waals surface area contributed by atoms with Crippen LogP contribution < -0.4 is 10.1 Å². The molecule has 2 aromatic carbocycles. The third-order valence-corrected chi connectivity index (χ3v) is 2.83. The van der Waals surface area contributed by atoms with Crippen molar-refractivity contribution in [1.82, 2.24) is 0 Å². The van der Waals surface area contributed by atoms with Crippen molar-refractivity contribution in [2.24, 2.45) is 0 Å². The summed E-state index contributed by atoms with van der Waals surface area (Å²) in [5.74, 6) is -0.105. The molecule has 0 heterocycles. The average molecular weight is 291 g/mol. The van der Waals surface area contributed by atoms with E-state index in [0.717, 1.165) is 5.56 Å². The number of carbonyl (C=O) groups is 1. The van der Waals surface area contributed by atoms with Gasteiger partial charge in [-0.2, -0.15) is 8.78 Å². The molecular formula is C16H15F2NO2. The maximum atomic E-state index is 12.5. The molecule has 0 radical (unpaired) electrons. The van der Waals surface area contributed by atoms with Gasteiger partial charge in [0, 0.05) is 24.6 Å². The zero-order chi connectivity index (χ0) is 15.2. The quantitative estimate of drug-likeness (QED) is 0.909. The van der Waals surface area contributed by atoms with Crippen molar-refractivity contribution in [3.05, 3.63) is 59.7 Å². The molecule has 0 atom stereocenters. The number of hydrogen-bond acceptors (Lipinski definition) is 2. The summed E-state index contributed by atoms with van der Waals surface area (Å²) in [6, 6.07) is 14.1. The molecule has 0 saturated carbocycles. The predicted molar refractivity (Wildman–Crippen MR) is 76.6 cm³/mol. The zero-order valence-corrected chi connectivity index (χ0v) is 11.5. The van der Waals surface area contributed by atoms with Gasteiger partial charge in [-0.1, -0.05) is 30.3 Å². The Bertz CT molecular complexity index is 615. The van der Waals surface area contributed by atoms with Gasteiger partial charge in [0.15, 0.2) is 0 Å². The summed E-state index contributed by atoms with van der Waals surface area (Å²) in [6.45, 7) is -1.49. The van der Waals surface area contributed by atoms with E-state index in [-0.39, 0.29) is 11.7 Å². The maximum Gasteiger partial charge on any atom is 0.387 e. The second-order valence-electron chi connectivity index (χ2n) is 4.54. The maximum absolute atomic E-state index is 12.5. The van der Waals surface area contributed by atoms with Crippen LogP contribution in [0, 0.1) is 0 Å². The number of ether oxygens (including phenoxy) is 1. The zero-order valence-electron chi connectivity index (χ0n) is 11.5. The minimum atomic E-state index is -2.88. The third-order valence-electron chi connectivity index (χ3n) is 2.83. The first-order chi connectivity index (χ1) is 10.0. The van der Waals surface area contributed by atoms with E-state index >= 15 is 0 Å². The van der Waals surface area contributed by atoms with Gasteiger partial charge in [-0.15, -0.1) is 0 Å². The lowest BCUT2D eigenvalue weighted by molar-refractivity contribution is -0.114. The Hall–Kier alpha value is -2.43. The Balaban J connectivity index is 2.30. The highest BCUT2D eigenvalue weighted by Crippen LogP contribution is 2.27.